The van der Waals surface area contributed by atoms with Gasteiger partial charge in [0, 0.05) is 18.2 Å². The van der Waals surface area contributed by atoms with Crippen molar-refractivity contribution in [2.24, 2.45) is 4.99 Å². The van der Waals surface area contributed by atoms with Crippen LogP contribution in [0.5, 0.6) is 0 Å². The Kier molecular flexibility index (Phi) is 6.09. The van der Waals surface area contributed by atoms with Crippen LogP contribution < -0.4 is 0 Å². The van der Waals surface area contributed by atoms with Crippen molar-refractivity contribution in [3.05, 3.63) is 33.8 Å². The molecule has 1 aromatic carbocycles. The van der Waals surface area contributed by atoms with E-state index in [0.29, 0.717) is 15.6 Å². The first-order valence-electron chi connectivity index (χ1n) is 5.29. The zero-order valence-corrected chi connectivity index (χ0v) is 11.0. The monoisotopic (exact) mass is 291 g/mol. The van der Waals surface area contributed by atoms with Gasteiger partial charge in [-0.3, -0.25) is 9.79 Å². The molecule has 0 unspecified atom stereocenters. The Morgan fingerprint density at radius 1 is 1.44 bits per heavy atom. The third-order valence-electron chi connectivity index (χ3n) is 2.28. The maximum absolute atomic E-state index is 12.6. The van der Waals surface area contributed by atoms with Gasteiger partial charge in [-0.25, -0.2) is 4.39 Å². The minimum absolute atomic E-state index is 0.123. The standard InChI is InChI=1S/C12H12Cl2FNO2/c13-10-2-1-3-11(14)9(10)7-16-8(6-15)4-5-12(17)18/h1-3,7-8H,4-6H2,(H,17,18)/t8-/m0/s1. The summed E-state index contributed by atoms with van der Waals surface area (Å²) >= 11 is 11.8. The molecule has 1 aromatic rings. The molecule has 18 heavy (non-hydrogen) atoms. The van der Waals surface area contributed by atoms with E-state index in [9.17, 15) is 9.18 Å². The summed E-state index contributed by atoms with van der Waals surface area (Å²) < 4.78 is 12.6. The lowest BCUT2D eigenvalue weighted by molar-refractivity contribution is -0.137. The quantitative estimate of drug-likeness (QED) is 0.814. The summed E-state index contributed by atoms with van der Waals surface area (Å²) in [6, 6.07) is 4.31. The van der Waals surface area contributed by atoms with Gasteiger partial charge in [0.25, 0.3) is 0 Å². The Labute approximate surface area is 114 Å². The van der Waals surface area contributed by atoms with E-state index in [4.69, 9.17) is 28.3 Å². The molecule has 0 aliphatic carbocycles. The molecule has 1 rings (SSSR count). The van der Waals surface area contributed by atoms with Crippen LogP contribution >= 0.6 is 23.2 Å². The van der Waals surface area contributed by atoms with Crippen molar-refractivity contribution in [1.29, 1.82) is 0 Å². The van der Waals surface area contributed by atoms with Gasteiger partial charge in [0.2, 0.25) is 0 Å². The maximum Gasteiger partial charge on any atom is 0.303 e. The van der Waals surface area contributed by atoms with E-state index in [0.717, 1.165) is 0 Å². The molecule has 0 heterocycles. The minimum Gasteiger partial charge on any atom is -0.481 e. The second kappa shape index (κ2) is 7.34. The van der Waals surface area contributed by atoms with Gasteiger partial charge in [0.1, 0.15) is 6.67 Å². The lowest BCUT2D eigenvalue weighted by Crippen LogP contribution is -2.10. The third-order valence-corrected chi connectivity index (χ3v) is 2.94. The van der Waals surface area contributed by atoms with Crippen LogP contribution in [0.25, 0.3) is 0 Å². The summed E-state index contributed by atoms with van der Waals surface area (Å²) in [5.74, 6) is -0.973. The molecule has 0 bridgehead atoms. The predicted molar refractivity (Wildman–Crippen MR) is 70.7 cm³/mol. The molecule has 0 fully saturated rings. The fourth-order valence-corrected chi connectivity index (χ4v) is 1.79. The number of nitrogens with zero attached hydrogens (tertiary/aromatic N) is 1. The molecule has 0 aromatic heterocycles. The summed E-state index contributed by atoms with van der Waals surface area (Å²) in [5.41, 5.74) is 0.509. The third kappa shape index (κ3) is 4.63. The molecule has 3 nitrogen and oxygen atoms in total. The number of carboxylic acid groups (broad SMARTS) is 1. The molecule has 6 heteroatoms. The fourth-order valence-electron chi connectivity index (χ4n) is 1.30. The van der Waals surface area contributed by atoms with Crippen LogP contribution in [-0.2, 0) is 4.79 Å². The number of alkyl halides is 1. The van der Waals surface area contributed by atoms with E-state index in [1.54, 1.807) is 18.2 Å². The summed E-state index contributed by atoms with van der Waals surface area (Å²) in [6.45, 7) is -0.716. The first-order chi connectivity index (χ1) is 8.54. The lowest BCUT2D eigenvalue weighted by Gasteiger charge is -2.06. The molecule has 0 saturated heterocycles. The van der Waals surface area contributed by atoms with Gasteiger partial charge in [0.05, 0.1) is 16.1 Å². The maximum atomic E-state index is 12.6. The molecule has 0 aliphatic rings. The van der Waals surface area contributed by atoms with Crippen LogP contribution in [0.4, 0.5) is 4.39 Å². The number of aliphatic imine (C=N–C) groups is 1. The number of aliphatic carboxylic acids is 1. The zero-order chi connectivity index (χ0) is 13.5. The highest BCUT2D eigenvalue weighted by Gasteiger charge is 2.09. The summed E-state index contributed by atoms with van der Waals surface area (Å²) in [6.07, 6.45) is 1.41. The second-order valence-electron chi connectivity index (χ2n) is 3.65. The molecular formula is C12H12Cl2FNO2. The van der Waals surface area contributed by atoms with Crippen molar-refractivity contribution in [3.8, 4) is 0 Å². The van der Waals surface area contributed by atoms with Crippen molar-refractivity contribution in [3.63, 3.8) is 0 Å². The number of hydrogen-bond acceptors (Lipinski definition) is 2. The summed E-state index contributed by atoms with van der Waals surface area (Å²) in [4.78, 5) is 14.4. The molecular weight excluding hydrogens is 280 g/mol. The highest BCUT2D eigenvalue weighted by Crippen LogP contribution is 2.22. The number of carbonyl (C=O) groups is 1. The summed E-state index contributed by atoms with van der Waals surface area (Å²) in [5, 5.41) is 9.35. The first-order valence-corrected chi connectivity index (χ1v) is 6.05. The van der Waals surface area contributed by atoms with Gasteiger partial charge in [0.15, 0.2) is 0 Å². The molecule has 0 amide bonds. The van der Waals surface area contributed by atoms with Crippen molar-refractivity contribution >= 4 is 35.4 Å². The number of halogens is 3. The van der Waals surface area contributed by atoms with Gasteiger partial charge < -0.3 is 5.11 Å². The van der Waals surface area contributed by atoms with Crippen LogP contribution in [0.1, 0.15) is 18.4 Å². The number of rotatable bonds is 6. The van der Waals surface area contributed by atoms with E-state index in [2.05, 4.69) is 4.99 Å². The molecule has 0 spiro atoms. The molecule has 0 saturated carbocycles. The number of benzene rings is 1. The van der Waals surface area contributed by atoms with Gasteiger partial charge in [-0.1, -0.05) is 29.3 Å². The van der Waals surface area contributed by atoms with E-state index in [-0.39, 0.29) is 12.8 Å². The second-order valence-corrected chi connectivity index (χ2v) is 4.47. The van der Waals surface area contributed by atoms with E-state index in [1.807, 2.05) is 0 Å². The highest BCUT2D eigenvalue weighted by molar-refractivity contribution is 6.38. The van der Waals surface area contributed by atoms with Gasteiger partial charge in [-0.15, -0.1) is 0 Å². The average molecular weight is 292 g/mol. The Bertz CT molecular complexity index is 431. The summed E-state index contributed by atoms with van der Waals surface area (Å²) in [7, 11) is 0. The molecule has 0 aliphatic heterocycles. The topological polar surface area (TPSA) is 49.7 Å². The zero-order valence-electron chi connectivity index (χ0n) is 9.44. The first kappa shape index (κ1) is 14.9. The normalized spacial score (nSPS) is 12.8. The van der Waals surface area contributed by atoms with E-state index >= 15 is 0 Å². The largest absolute Gasteiger partial charge is 0.481 e. The minimum atomic E-state index is -0.973. The van der Waals surface area contributed by atoms with E-state index < -0.39 is 18.7 Å². The lowest BCUT2D eigenvalue weighted by atomic mass is 10.2. The number of hydrogen-bond donors (Lipinski definition) is 1. The predicted octanol–water partition coefficient (Wildman–Crippen LogP) is 3.62. The van der Waals surface area contributed by atoms with Crippen molar-refractivity contribution in [1.82, 2.24) is 0 Å². The molecule has 0 radical (unpaired) electrons. The van der Waals surface area contributed by atoms with Crippen molar-refractivity contribution < 1.29 is 14.3 Å². The van der Waals surface area contributed by atoms with Crippen LogP contribution in [0.3, 0.4) is 0 Å². The van der Waals surface area contributed by atoms with E-state index in [1.165, 1.54) is 6.21 Å². The fraction of sp³-hybridized carbons (Fsp3) is 0.333. The van der Waals surface area contributed by atoms with Crippen LogP contribution in [0, 0.1) is 0 Å². The smallest absolute Gasteiger partial charge is 0.303 e. The Hall–Kier alpha value is -1.13. The van der Waals surface area contributed by atoms with Crippen molar-refractivity contribution in [2.45, 2.75) is 18.9 Å². The Morgan fingerprint density at radius 2 is 2.06 bits per heavy atom. The van der Waals surface area contributed by atoms with Gasteiger partial charge in [-0.05, 0) is 18.6 Å². The van der Waals surface area contributed by atoms with Crippen molar-refractivity contribution in [2.75, 3.05) is 6.67 Å². The highest BCUT2D eigenvalue weighted by atomic mass is 35.5. The van der Waals surface area contributed by atoms with Crippen LogP contribution in [0.2, 0.25) is 10.0 Å². The van der Waals surface area contributed by atoms with Crippen LogP contribution in [0.15, 0.2) is 23.2 Å². The SMILES string of the molecule is O=C(O)CC[C@@H](CF)N=Cc1c(Cl)cccc1Cl. The Morgan fingerprint density at radius 3 is 2.56 bits per heavy atom. The Balaban J connectivity index is 2.74. The van der Waals surface area contributed by atoms with Crippen LogP contribution in [-0.4, -0.2) is 30.0 Å². The average Bonchev–Trinajstić information content (AvgIpc) is 2.32. The van der Waals surface area contributed by atoms with Gasteiger partial charge in [-0.2, -0.15) is 0 Å². The molecule has 1 N–H and O–H groups in total. The van der Waals surface area contributed by atoms with Gasteiger partial charge >= 0.3 is 5.97 Å². The number of carboxylic acids is 1. The molecule has 1 atom stereocenters. The molecule has 98 valence electrons.